The number of thiazole rings is 1. The molecule has 27 heavy (non-hydrogen) atoms. The summed E-state index contributed by atoms with van der Waals surface area (Å²) in [5.74, 6) is 1.85. The van der Waals surface area contributed by atoms with Crippen LogP contribution < -0.4 is 20.5 Å². The quantitative estimate of drug-likeness (QED) is 0.301. The number of guanidine groups is 1. The van der Waals surface area contributed by atoms with E-state index in [1.54, 1.807) is 25.6 Å². The minimum atomic E-state index is 0. The van der Waals surface area contributed by atoms with Crippen molar-refractivity contribution in [3.63, 3.8) is 0 Å². The molecule has 0 saturated heterocycles. The van der Waals surface area contributed by atoms with Gasteiger partial charge in [0.15, 0.2) is 5.96 Å². The molecule has 0 atom stereocenters. The number of methoxy groups -OCH3 is 2. The summed E-state index contributed by atoms with van der Waals surface area (Å²) in [6, 6.07) is 15.4. The van der Waals surface area contributed by atoms with Crippen molar-refractivity contribution in [1.29, 1.82) is 0 Å². The molecule has 1 aromatic heterocycles. The second-order valence-electron chi connectivity index (χ2n) is 5.40. The minimum absolute atomic E-state index is 0. The van der Waals surface area contributed by atoms with Gasteiger partial charge in [-0.15, -0.1) is 35.3 Å². The van der Waals surface area contributed by atoms with E-state index >= 15 is 0 Å². The largest absolute Gasteiger partial charge is 0.497 e. The normalized spacial score (nSPS) is 10.8. The number of anilines is 1. The number of nitrogens with one attached hydrogen (secondary N) is 1. The molecule has 0 aliphatic rings. The van der Waals surface area contributed by atoms with E-state index in [9.17, 15) is 0 Å². The molecule has 3 rings (SSSR count). The Bertz CT molecular complexity index is 897. The van der Waals surface area contributed by atoms with E-state index < -0.39 is 0 Å². The molecule has 0 amide bonds. The van der Waals surface area contributed by atoms with Gasteiger partial charge in [0.25, 0.3) is 0 Å². The molecule has 0 unspecified atom stereocenters. The fourth-order valence-corrected chi connectivity index (χ4v) is 3.15. The van der Waals surface area contributed by atoms with E-state index in [4.69, 9.17) is 15.2 Å². The molecular weight excluding hydrogens is 475 g/mol. The monoisotopic (exact) mass is 496 g/mol. The molecule has 0 radical (unpaired) electrons. The van der Waals surface area contributed by atoms with Gasteiger partial charge in [-0.25, -0.2) is 9.98 Å². The van der Waals surface area contributed by atoms with Crippen LogP contribution in [0.2, 0.25) is 0 Å². The van der Waals surface area contributed by atoms with Gasteiger partial charge in [0.2, 0.25) is 0 Å². The van der Waals surface area contributed by atoms with Crippen molar-refractivity contribution < 1.29 is 9.47 Å². The zero-order valence-corrected chi connectivity index (χ0v) is 18.2. The van der Waals surface area contributed by atoms with Crippen LogP contribution in [0.4, 0.5) is 5.69 Å². The van der Waals surface area contributed by atoms with Gasteiger partial charge in [0, 0.05) is 10.9 Å². The van der Waals surface area contributed by atoms with Crippen molar-refractivity contribution in [2.75, 3.05) is 19.5 Å². The highest BCUT2D eigenvalue weighted by Gasteiger charge is 2.06. The van der Waals surface area contributed by atoms with Crippen molar-refractivity contribution in [2.45, 2.75) is 6.54 Å². The Morgan fingerprint density at radius 3 is 2.56 bits per heavy atom. The number of hydrogen-bond acceptors (Lipinski definition) is 5. The van der Waals surface area contributed by atoms with Crippen LogP contribution in [0.15, 0.2) is 58.9 Å². The van der Waals surface area contributed by atoms with E-state index in [0.717, 1.165) is 27.7 Å². The van der Waals surface area contributed by atoms with E-state index in [1.165, 1.54) is 0 Å². The predicted octanol–water partition coefficient (Wildman–Crippen LogP) is 4.37. The summed E-state index contributed by atoms with van der Waals surface area (Å²) < 4.78 is 10.5. The van der Waals surface area contributed by atoms with Gasteiger partial charge in [0.1, 0.15) is 16.5 Å². The number of aromatic nitrogens is 1. The summed E-state index contributed by atoms with van der Waals surface area (Å²) in [5.41, 5.74) is 8.66. The lowest BCUT2D eigenvalue weighted by molar-refractivity contribution is 0.415. The summed E-state index contributed by atoms with van der Waals surface area (Å²) >= 11 is 1.58. The van der Waals surface area contributed by atoms with Gasteiger partial charge in [-0.05, 0) is 36.4 Å². The Morgan fingerprint density at radius 2 is 1.85 bits per heavy atom. The number of rotatable bonds is 6. The van der Waals surface area contributed by atoms with Crippen LogP contribution in [-0.2, 0) is 6.54 Å². The van der Waals surface area contributed by atoms with Crippen LogP contribution >= 0.6 is 35.3 Å². The third-order valence-corrected chi connectivity index (χ3v) is 4.61. The first-order chi connectivity index (χ1) is 12.7. The summed E-state index contributed by atoms with van der Waals surface area (Å²) in [6.07, 6.45) is 0. The smallest absolute Gasteiger partial charge is 0.193 e. The van der Waals surface area contributed by atoms with Crippen LogP contribution in [0.1, 0.15) is 5.69 Å². The third kappa shape index (κ3) is 5.57. The Hall–Kier alpha value is -2.33. The Balaban J connectivity index is 0.00000261. The van der Waals surface area contributed by atoms with Gasteiger partial charge < -0.3 is 20.5 Å². The average molecular weight is 496 g/mol. The van der Waals surface area contributed by atoms with Gasteiger partial charge >= 0.3 is 0 Å². The Kier molecular flexibility index (Phi) is 7.86. The van der Waals surface area contributed by atoms with E-state index in [1.807, 2.05) is 53.9 Å². The number of ether oxygens (including phenoxy) is 2. The zero-order chi connectivity index (χ0) is 18.4. The molecule has 142 valence electrons. The van der Waals surface area contributed by atoms with E-state index in [-0.39, 0.29) is 24.0 Å². The average Bonchev–Trinajstić information content (AvgIpc) is 3.16. The lowest BCUT2D eigenvalue weighted by Gasteiger charge is -2.09. The number of halogens is 1. The highest BCUT2D eigenvalue weighted by Crippen LogP contribution is 2.26. The maximum atomic E-state index is 5.97. The number of para-hydroxylation sites is 2. The van der Waals surface area contributed by atoms with Gasteiger partial charge in [0.05, 0.1) is 32.1 Å². The standard InChI is InChI=1S/C19H20N4O2S.HI/c1-24-15-9-7-13(8-10-15)18-22-14(12-26-18)11-21-19(20)23-16-5-3-4-6-17(16)25-2;/h3-10,12H,11H2,1-2H3,(H3,20,21,23);1H. The summed E-state index contributed by atoms with van der Waals surface area (Å²) in [7, 11) is 3.27. The first-order valence-corrected chi connectivity index (χ1v) is 8.86. The number of benzene rings is 2. The molecule has 0 aliphatic carbocycles. The van der Waals surface area contributed by atoms with Gasteiger partial charge in [-0.2, -0.15) is 0 Å². The second kappa shape index (κ2) is 10.1. The SMILES string of the molecule is COc1ccc(-c2nc(CN=C(N)Nc3ccccc3OC)cs2)cc1.I. The number of hydrogen-bond donors (Lipinski definition) is 2. The van der Waals surface area contributed by atoms with Crippen LogP contribution in [0.25, 0.3) is 10.6 Å². The first kappa shape index (κ1) is 21.0. The maximum Gasteiger partial charge on any atom is 0.193 e. The predicted molar refractivity (Wildman–Crippen MR) is 121 cm³/mol. The summed E-state index contributed by atoms with van der Waals surface area (Å²) in [4.78, 5) is 8.96. The molecule has 1 heterocycles. The van der Waals surface area contributed by atoms with E-state index in [0.29, 0.717) is 18.3 Å². The van der Waals surface area contributed by atoms with Crippen molar-refractivity contribution in [1.82, 2.24) is 4.98 Å². The molecule has 0 spiro atoms. The minimum Gasteiger partial charge on any atom is -0.497 e. The summed E-state index contributed by atoms with van der Waals surface area (Å²) in [6.45, 7) is 0.403. The van der Waals surface area contributed by atoms with Crippen LogP contribution in [0.3, 0.4) is 0 Å². The molecule has 2 aromatic carbocycles. The highest BCUT2D eigenvalue weighted by molar-refractivity contribution is 14.0. The maximum absolute atomic E-state index is 5.97. The molecule has 0 bridgehead atoms. The van der Waals surface area contributed by atoms with Crippen molar-refractivity contribution in [3.05, 3.63) is 59.6 Å². The number of nitrogens with two attached hydrogens (primary N) is 1. The van der Waals surface area contributed by atoms with Gasteiger partial charge in [-0.1, -0.05) is 12.1 Å². The van der Waals surface area contributed by atoms with Crippen LogP contribution in [0.5, 0.6) is 11.5 Å². The lowest BCUT2D eigenvalue weighted by atomic mass is 10.2. The van der Waals surface area contributed by atoms with Crippen molar-refractivity contribution >= 4 is 47.0 Å². The molecule has 3 N–H and O–H groups in total. The van der Waals surface area contributed by atoms with E-state index in [2.05, 4.69) is 15.3 Å². The molecular formula is C19H21IN4O2S. The van der Waals surface area contributed by atoms with Crippen LogP contribution in [0, 0.1) is 0 Å². The fourth-order valence-electron chi connectivity index (χ4n) is 2.34. The summed E-state index contributed by atoms with van der Waals surface area (Å²) in [5, 5.41) is 5.97. The molecule has 0 fully saturated rings. The van der Waals surface area contributed by atoms with Crippen LogP contribution in [-0.4, -0.2) is 25.2 Å². The van der Waals surface area contributed by atoms with Gasteiger partial charge in [-0.3, -0.25) is 0 Å². The molecule has 3 aromatic rings. The molecule has 0 saturated carbocycles. The second-order valence-corrected chi connectivity index (χ2v) is 6.26. The first-order valence-electron chi connectivity index (χ1n) is 7.98. The fraction of sp³-hybridized carbons (Fsp3) is 0.158. The highest BCUT2D eigenvalue weighted by atomic mass is 127. The lowest BCUT2D eigenvalue weighted by Crippen LogP contribution is -2.22. The Morgan fingerprint density at radius 1 is 1.11 bits per heavy atom. The number of nitrogens with zero attached hydrogens (tertiary/aromatic N) is 2. The molecule has 0 aliphatic heterocycles. The van der Waals surface area contributed by atoms with Crippen molar-refractivity contribution in [2.24, 2.45) is 10.7 Å². The third-order valence-electron chi connectivity index (χ3n) is 3.67. The zero-order valence-electron chi connectivity index (χ0n) is 15.0. The topological polar surface area (TPSA) is 81.8 Å². The molecule has 6 nitrogen and oxygen atoms in total. The van der Waals surface area contributed by atoms with Crippen molar-refractivity contribution in [3.8, 4) is 22.1 Å². The molecule has 8 heteroatoms. The number of aliphatic imine (C=N–C) groups is 1. The Labute approximate surface area is 179 Å².